The van der Waals surface area contributed by atoms with Gasteiger partial charge in [-0.2, -0.15) is 0 Å². The van der Waals surface area contributed by atoms with Gasteiger partial charge in [0.1, 0.15) is 5.41 Å². The van der Waals surface area contributed by atoms with Gasteiger partial charge in [-0.1, -0.05) is 0 Å². The Hall–Kier alpha value is -1.34. The van der Waals surface area contributed by atoms with E-state index in [1.54, 1.807) is 6.92 Å². The summed E-state index contributed by atoms with van der Waals surface area (Å²) in [5, 5.41) is 15.0. The maximum absolute atomic E-state index is 12.1. The van der Waals surface area contributed by atoms with Gasteiger partial charge in [0.2, 0.25) is 0 Å². The second kappa shape index (κ2) is 5.46. The molecule has 2 aliphatic heterocycles. The predicted octanol–water partition coefficient (Wildman–Crippen LogP) is 0.0120. The number of urea groups is 1. The van der Waals surface area contributed by atoms with E-state index in [2.05, 4.69) is 15.5 Å². The fourth-order valence-corrected chi connectivity index (χ4v) is 3.15. The van der Waals surface area contributed by atoms with Gasteiger partial charge < -0.3 is 20.5 Å². The van der Waals surface area contributed by atoms with Crippen molar-refractivity contribution in [3.05, 3.63) is 0 Å². The Morgan fingerprint density at radius 1 is 1.29 bits per heavy atom. The zero-order valence-electron chi connectivity index (χ0n) is 12.3. The van der Waals surface area contributed by atoms with Gasteiger partial charge in [0.05, 0.1) is 19.3 Å². The van der Waals surface area contributed by atoms with Crippen molar-refractivity contribution in [2.45, 2.75) is 44.3 Å². The number of nitrogens with one attached hydrogen (secondary N) is 2. The minimum absolute atomic E-state index is 0.131. The summed E-state index contributed by atoms with van der Waals surface area (Å²) in [6, 6.07) is 0.0963. The Labute approximate surface area is 124 Å². The summed E-state index contributed by atoms with van der Waals surface area (Å²) in [6.07, 6.45) is 3.51. The molecule has 3 unspecified atom stereocenters. The normalized spacial score (nSPS) is 36.6. The molecule has 3 N–H and O–H groups in total. The Kier molecular flexibility index (Phi) is 3.79. The number of amides is 2. The van der Waals surface area contributed by atoms with E-state index in [1.807, 2.05) is 0 Å². The number of hydrogen-bond acceptors (Lipinski definition) is 4. The van der Waals surface area contributed by atoms with E-state index in [9.17, 15) is 14.7 Å². The first-order valence-electron chi connectivity index (χ1n) is 7.61. The minimum Gasteiger partial charge on any atom is -0.481 e. The SMILES string of the molecule is CC1(C(=O)O)COCC1NC(=O)NC1CCN(C2CC2)C1. The number of rotatable bonds is 4. The predicted molar refractivity (Wildman–Crippen MR) is 75.0 cm³/mol. The summed E-state index contributed by atoms with van der Waals surface area (Å²) in [5.41, 5.74) is -1.05. The maximum Gasteiger partial charge on any atom is 0.315 e. The summed E-state index contributed by atoms with van der Waals surface area (Å²) >= 11 is 0. The monoisotopic (exact) mass is 297 g/mol. The minimum atomic E-state index is -1.05. The standard InChI is InChI=1S/C14H23N3O4/c1-14(12(18)19)8-21-7-11(14)16-13(20)15-9-4-5-17(6-9)10-2-3-10/h9-11H,2-8H2,1H3,(H,18,19)(H2,15,16,20). The third kappa shape index (κ3) is 2.98. The first-order valence-corrected chi connectivity index (χ1v) is 7.61. The summed E-state index contributed by atoms with van der Waals surface area (Å²) in [4.78, 5) is 25.8. The van der Waals surface area contributed by atoms with Crippen molar-refractivity contribution in [3.8, 4) is 0 Å². The lowest BCUT2D eigenvalue weighted by atomic mass is 9.85. The molecule has 7 nitrogen and oxygen atoms in total. The summed E-state index contributed by atoms with van der Waals surface area (Å²) in [5.74, 6) is -0.939. The van der Waals surface area contributed by atoms with Crippen LogP contribution in [0, 0.1) is 5.41 Å². The van der Waals surface area contributed by atoms with Gasteiger partial charge in [0.25, 0.3) is 0 Å². The second-order valence-corrected chi connectivity index (χ2v) is 6.62. The zero-order valence-corrected chi connectivity index (χ0v) is 12.3. The third-order valence-electron chi connectivity index (χ3n) is 4.87. The van der Waals surface area contributed by atoms with Crippen LogP contribution in [0.15, 0.2) is 0 Å². The van der Waals surface area contributed by atoms with E-state index in [1.165, 1.54) is 12.8 Å². The van der Waals surface area contributed by atoms with Crippen molar-refractivity contribution in [1.29, 1.82) is 0 Å². The van der Waals surface area contributed by atoms with Gasteiger partial charge in [-0.25, -0.2) is 4.79 Å². The molecule has 0 spiro atoms. The van der Waals surface area contributed by atoms with Crippen LogP contribution in [0.25, 0.3) is 0 Å². The largest absolute Gasteiger partial charge is 0.481 e. The molecule has 2 saturated heterocycles. The van der Waals surface area contributed by atoms with E-state index < -0.39 is 17.4 Å². The van der Waals surface area contributed by atoms with Gasteiger partial charge in [-0.3, -0.25) is 9.69 Å². The van der Waals surface area contributed by atoms with Gasteiger partial charge in [0.15, 0.2) is 0 Å². The number of carbonyl (C=O) groups excluding carboxylic acids is 1. The molecule has 21 heavy (non-hydrogen) atoms. The zero-order chi connectivity index (χ0) is 15.0. The van der Waals surface area contributed by atoms with Crippen LogP contribution < -0.4 is 10.6 Å². The molecule has 3 aliphatic rings. The first-order chi connectivity index (χ1) is 9.99. The molecule has 0 aromatic rings. The molecule has 2 heterocycles. The van der Waals surface area contributed by atoms with Crippen LogP contribution >= 0.6 is 0 Å². The molecular formula is C14H23N3O4. The van der Waals surface area contributed by atoms with Gasteiger partial charge in [-0.15, -0.1) is 0 Å². The molecule has 3 rings (SSSR count). The highest BCUT2D eigenvalue weighted by Crippen LogP contribution is 2.30. The van der Waals surface area contributed by atoms with Crippen molar-refractivity contribution in [1.82, 2.24) is 15.5 Å². The molecule has 2 amide bonds. The van der Waals surface area contributed by atoms with Crippen LogP contribution in [0.5, 0.6) is 0 Å². The topological polar surface area (TPSA) is 90.9 Å². The van der Waals surface area contributed by atoms with Gasteiger partial charge >= 0.3 is 12.0 Å². The first kappa shape index (κ1) is 14.6. The average Bonchev–Trinajstić information content (AvgIpc) is 3.07. The third-order valence-corrected chi connectivity index (χ3v) is 4.87. The second-order valence-electron chi connectivity index (χ2n) is 6.62. The fraction of sp³-hybridized carbons (Fsp3) is 0.857. The Bertz CT molecular complexity index is 440. The molecule has 3 atom stereocenters. The maximum atomic E-state index is 12.1. The number of nitrogens with zero attached hydrogens (tertiary/aromatic N) is 1. The van der Waals surface area contributed by atoms with Gasteiger partial charge in [0, 0.05) is 25.2 Å². The number of aliphatic carboxylic acids is 1. The lowest BCUT2D eigenvalue weighted by Gasteiger charge is -2.26. The summed E-state index contributed by atoms with van der Waals surface area (Å²) in [7, 11) is 0. The number of hydrogen-bond donors (Lipinski definition) is 3. The molecule has 0 aromatic heterocycles. The highest BCUT2D eigenvalue weighted by Gasteiger charge is 2.47. The number of carboxylic acids is 1. The molecule has 3 fully saturated rings. The van der Waals surface area contributed by atoms with Crippen molar-refractivity contribution in [2.75, 3.05) is 26.3 Å². The molecule has 0 aromatic carbocycles. The van der Waals surface area contributed by atoms with Crippen LogP contribution in [0.1, 0.15) is 26.2 Å². The number of carboxylic acid groups (broad SMARTS) is 1. The van der Waals surface area contributed by atoms with Crippen LogP contribution in [0.2, 0.25) is 0 Å². The average molecular weight is 297 g/mol. The van der Waals surface area contributed by atoms with Gasteiger partial charge in [-0.05, 0) is 26.2 Å². The van der Waals surface area contributed by atoms with Crippen LogP contribution in [-0.4, -0.2) is 66.4 Å². The molecule has 118 valence electrons. The molecule has 0 radical (unpaired) electrons. The Morgan fingerprint density at radius 3 is 2.71 bits per heavy atom. The Morgan fingerprint density at radius 2 is 2.05 bits per heavy atom. The highest BCUT2D eigenvalue weighted by atomic mass is 16.5. The quantitative estimate of drug-likeness (QED) is 0.680. The fourth-order valence-electron chi connectivity index (χ4n) is 3.15. The van der Waals surface area contributed by atoms with Crippen molar-refractivity contribution >= 4 is 12.0 Å². The number of likely N-dealkylation sites (tertiary alicyclic amines) is 1. The number of carbonyl (C=O) groups is 2. The van der Waals surface area contributed by atoms with E-state index in [0.29, 0.717) is 0 Å². The van der Waals surface area contributed by atoms with Crippen LogP contribution in [0.4, 0.5) is 4.79 Å². The van der Waals surface area contributed by atoms with Crippen molar-refractivity contribution in [2.24, 2.45) is 5.41 Å². The lowest BCUT2D eigenvalue weighted by molar-refractivity contribution is -0.148. The van der Waals surface area contributed by atoms with Crippen molar-refractivity contribution < 1.29 is 19.4 Å². The Balaban J connectivity index is 1.49. The molecule has 1 saturated carbocycles. The molecule has 0 bridgehead atoms. The number of ether oxygens (including phenoxy) is 1. The van der Waals surface area contributed by atoms with E-state index in [4.69, 9.17) is 4.74 Å². The van der Waals surface area contributed by atoms with Crippen molar-refractivity contribution in [3.63, 3.8) is 0 Å². The highest BCUT2D eigenvalue weighted by molar-refractivity contribution is 5.79. The molecule has 1 aliphatic carbocycles. The lowest BCUT2D eigenvalue weighted by Crippen LogP contribution is -2.54. The van der Waals surface area contributed by atoms with E-state index in [0.717, 1.165) is 25.6 Å². The van der Waals surface area contributed by atoms with Crippen LogP contribution in [-0.2, 0) is 9.53 Å². The summed E-state index contributed by atoms with van der Waals surface area (Å²) < 4.78 is 5.23. The van der Waals surface area contributed by atoms with Crippen LogP contribution in [0.3, 0.4) is 0 Å². The molecular weight excluding hydrogens is 274 g/mol. The summed E-state index contributed by atoms with van der Waals surface area (Å²) in [6.45, 7) is 3.92. The van der Waals surface area contributed by atoms with E-state index >= 15 is 0 Å². The van der Waals surface area contributed by atoms with E-state index in [-0.39, 0.29) is 25.3 Å². The molecule has 7 heteroatoms. The smallest absolute Gasteiger partial charge is 0.315 e.